The standard InChI is InChI=1S/C15H19Br2ClO/c1-9-5-6-15(17)12(2,3)14(9)7-10(16)13(4,18)8-11(14)19-15/h5-6,10-11H,1,7-8H2,2-4H3/t10-,11?,13?,14-,15-/m0/s1. The van der Waals surface area contributed by atoms with Crippen molar-refractivity contribution in [2.24, 2.45) is 10.8 Å². The van der Waals surface area contributed by atoms with E-state index < -0.39 is 4.51 Å². The fourth-order valence-corrected chi connectivity index (χ4v) is 5.72. The summed E-state index contributed by atoms with van der Waals surface area (Å²) in [5, 5.41) is 0. The SMILES string of the molecule is C=C1C=C[C@]2(Br)OC3CC(C)(Cl)[C@@H](Br)C[C@]13C2(C)C. The van der Waals surface area contributed by atoms with Crippen molar-refractivity contribution in [1.29, 1.82) is 0 Å². The van der Waals surface area contributed by atoms with Crippen LogP contribution in [0.15, 0.2) is 24.3 Å². The highest BCUT2D eigenvalue weighted by atomic mass is 79.9. The average Bonchev–Trinajstić information content (AvgIpc) is 2.38. The van der Waals surface area contributed by atoms with Gasteiger partial charge in [-0.1, -0.05) is 42.4 Å². The Balaban J connectivity index is 2.17. The van der Waals surface area contributed by atoms with Gasteiger partial charge in [0, 0.05) is 15.7 Å². The maximum absolute atomic E-state index is 6.67. The average molecular weight is 411 g/mol. The summed E-state index contributed by atoms with van der Waals surface area (Å²) in [5.41, 5.74) is 1.08. The third-order valence-corrected chi connectivity index (χ3v) is 9.10. The van der Waals surface area contributed by atoms with Crippen molar-refractivity contribution >= 4 is 43.5 Å². The Morgan fingerprint density at radius 2 is 2.00 bits per heavy atom. The van der Waals surface area contributed by atoms with Gasteiger partial charge in [0.25, 0.3) is 0 Å². The summed E-state index contributed by atoms with van der Waals surface area (Å²) < 4.78 is 5.99. The van der Waals surface area contributed by atoms with Crippen LogP contribution >= 0.6 is 43.5 Å². The summed E-state index contributed by atoms with van der Waals surface area (Å²) in [6.45, 7) is 11.0. The molecule has 19 heavy (non-hydrogen) atoms. The molecular weight excluding hydrogens is 391 g/mol. The molecule has 106 valence electrons. The van der Waals surface area contributed by atoms with Crippen LogP contribution < -0.4 is 0 Å². The summed E-state index contributed by atoms with van der Waals surface area (Å²) >= 11 is 14.3. The third kappa shape index (κ3) is 1.56. The Kier molecular flexibility index (Phi) is 3.01. The van der Waals surface area contributed by atoms with Crippen LogP contribution in [0.1, 0.15) is 33.6 Å². The molecule has 2 bridgehead atoms. The molecule has 1 saturated carbocycles. The molecule has 2 fully saturated rings. The molecule has 2 aliphatic carbocycles. The summed E-state index contributed by atoms with van der Waals surface area (Å²) in [6.07, 6.45) is 6.13. The molecule has 4 heteroatoms. The van der Waals surface area contributed by atoms with E-state index in [0.717, 1.165) is 12.8 Å². The Morgan fingerprint density at radius 3 is 2.63 bits per heavy atom. The van der Waals surface area contributed by atoms with Crippen LogP contribution in [0, 0.1) is 10.8 Å². The van der Waals surface area contributed by atoms with Crippen LogP contribution in [0.3, 0.4) is 0 Å². The van der Waals surface area contributed by atoms with Gasteiger partial charge in [0.15, 0.2) is 0 Å². The smallest absolute Gasteiger partial charge is 0.147 e. The first-order valence-electron chi connectivity index (χ1n) is 6.65. The van der Waals surface area contributed by atoms with Crippen molar-refractivity contribution in [3.8, 4) is 0 Å². The minimum atomic E-state index is -0.407. The van der Waals surface area contributed by atoms with Gasteiger partial charge >= 0.3 is 0 Å². The number of rotatable bonds is 0. The van der Waals surface area contributed by atoms with Gasteiger partial charge in [-0.05, 0) is 47.3 Å². The summed E-state index contributed by atoms with van der Waals surface area (Å²) in [4.78, 5) is -0.00785. The molecule has 3 aliphatic rings. The molecule has 1 aliphatic heterocycles. The molecule has 0 aromatic carbocycles. The lowest BCUT2D eigenvalue weighted by molar-refractivity contribution is 0.00251. The first kappa shape index (κ1) is 14.6. The number of hydrogen-bond acceptors (Lipinski definition) is 1. The summed E-state index contributed by atoms with van der Waals surface area (Å²) in [5.74, 6) is 0. The highest BCUT2D eigenvalue weighted by molar-refractivity contribution is 9.10. The minimum absolute atomic E-state index is 0.0457. The van der Waals surface area contributed by atoms with Crippen molar-refractivity contribution in [3.63, 3.8) is 0 Å². The van der Waals surface area contributed by atoms with Gasteiger partial charge in [-0.15, -0.1) is 11.6 Å². The molecule has 0 radical (unpaired) electrons. The van der Waals surface area contributed by atoms with Gasteiger partial charge in [-0.3, -0.25) is 0 Å². The largest absolute Gasteiger partial charge is 0.355 e. The predicted octanol–water partition coefficient (Wildman–Crippen LogP) is 5.17. The highest BCUT2D eigenvalue weighted by Gasteiger charge is 2.72. The zero-order valence-electron chi connectivity index (χ0n) is 11.5. The molecule has 1 saturated heterocycles. The topological polar surface area (TPSA) is 9.23 Å². The quantitative estimate of drug-likeness (QED) is 0.501. The maximum atomic E-state index is 6.67. The Morgan fingerprint density at radius 1 is 1.37 bits per heavy atom. The Labute approximate surface area is 137 Å². The lowest BCUT2D eigenvalue weighted by Gasteiger charge is -2.54. The molecule has 1 heterocycles. The van der Waals surface area contributed by atoms with Crippen molar-refractivity contribution in [1.82, 2.24) is 0 Å². The summed E-state index contributed by atoms with van der Waals surface area (Å²) in [6, 6.07) is 0. The van der Waals surface area contributed by atoms with E-state index in [4.69, 9.17) is 16.3 Å². The van der Waals surface area contributed by atoms with Gasteiger partial charge in [0.05, 0.1) is 11.0 Å². The van der Waals surface area contributed by atoms with Crippen LogP contribution in [0.5, 0.6) is 0 Å². The molecular formula is C15H19Br2ClO. The van der Waals surface area contributed by atoms with Gasteiger partial charge in [-0.2, -0.15) is 0 Å². The zero-order valence-corrected chi connectivity index (χ0v) is 15.4. The van der Waals surface area contributed by atoms with Crippen LogP contribution in [0.4, 0.5) is 0 Å². The van der Waals surface area contributed by atoms with Crippen molar-refractivity contribution < 1.29 is 4.74 Å². The Hall–Kier alpha value is 0.690. The lowest BCUT2D eigenvalue weighted by Crippen LogP contribution is -2.56. The molecule has 3 rings (SSSR count). The Bertz CT molecular complexity index is 485. The second-order valence-electron chi connectivity index (χ2n) is 6.86. The number of ether oxygens (including phenoxy) is 1. The molecule has 0 N–H and O–H groups in total. The van der Waals surface area contributed by atoms with E-state index in [0.29, 0.717) is 0 Å². The normalized spacial score (nSPS) is 55.2. The maximum Gasteiger partial charge on any atom is 0.147 e. The first-order valence-corrected chi connectivity index (χ1v) is 8.74. The van der Waals surface area contributed by atoms with Gasteiger partial charge in [0.1, 0.15) is 4.51 Å². The van der Waals surface area contributed by atoms with Crippen LogP contribution in [0.25, 0.3) is 0 Å². The van der Waals surface area contributed by atoms with E-state index in [-0.39, 0.29) is 26.6 Å². The third-order valence-electron chi connectivity index (χ3n) is 5.64. The number of hydrogen-bond donors (Lipinski definition) is 0. The second kappa shape index (κ2) is 3.91. The predicted molar refractivity (Wildman–Crippen MR) is 87.2 cm³/mol. The molecule has 5 atom stereocenters. The van der Waals surface area contributed by atoms with Gasteiger partial charge < -0.3 is 4.74 Å². The second-order valence-corrected chi connectivity index (χ2v) is 10.0. The summed E-state index contributed by atoms with van der Waals surface area (Å²) in [7, 11) is 0. The van der Waals surface area contributed by atoms with Crippen LogP contribution in [-0.4, -0.2) is 20.3 Å². The number of allylic oxidation sites excluding steroid dienone is 1. The number of alkyl halides is 3. The van der Waals surface area contributed by atoms with E-state index in [1.165, 1.54) is 5.57 Å². The van der Waals surface area contributed by atoms with Crippen molar-refractivity contribution in [2.45, 2.75) is 53.9 Å². The molecule has 0 aromatic heterocycles. The lowest BCUT2D eigenvalue weighted by atomic mass is 9.51. The minimum Gasteiger partial charge on any atom is -0.355 e. The van der Waals surface area contributed by atoms with E-state index in [1.807, 2.05) is 0 Å². The van der Waals surface area contributed by atoms with E-state index >= 15 is 0 Å². The van der Waals surface area contributed by atoms with Gasteiger partial charge in [-0.25, -0.2) is 0 Å². The van der Waals surface area contributed by atoms with Gasteiger partial charge in [0.2, 0.25) is 0 Å². The van der Waals surface area contributed by atoms with Crippen LogP contribution in [0.2, 0.25) is 0 Å². The fourth-order valence-electron chi connectivity index (χ4n) is 4.09. The zero-order chi connectivity index (χ0) is 14.3. The van der Waals surface area contributed by atoms with E-state index in [1.54, 1.807) is 0 Å². The molecule has 1 spiro atoms. The van der Waals surface area contributed by atoms with E-state index in [9.17, 15) is 0 Å². The van der Waals surface area contributed by atoms with Crippen molar-refractivity contribution in [3.05, 3.63) is 24.3 Å². The van der Waals surface area contributed by atoms with Crippen molar-refractivity contribution in [2.75, 3.05) is 0 Å². The highest BCUT2D eigenvalue weighted by Crippen LogP contribution is 2.72. The first-order chi connectivity index (χ1) is 8.57. The number of fused-ring (bicyclic) bond motifs is 1. The van der Waals surface area contributed by atoms with E-state index in [2.05, 4.69) is 71.4 Å². The number of halogens is 3. The van der Waals surface area contributed by atoms with Crippen LogP contribution in [-0.2, 0) is 4.74 Å². The monoisotopic (exact) mass is 408 g/mol. The molecule has 2 unspecified atom stereocenters. The molecule has 0 amide bonds. The fraction of sp³-hybridized carbons (Fsp3) is 0.733. The molecule has 1 nitrogen and oxygen atoms in total. The molecule has 0 aromatic rings.